The molecule has 0 fully saturated rings. The van der Waals surface area contributed by atoms with E-state index in [9.17, 15) is 9.18 Å². The molecule has 1 heterocycles. The van der Waals surface area contributed by atoms with Crippen LogP contribution in [-0.4, -0.2) is 49.2 Å². The van der Waals surface area contributed by atoms with Crippen LogP contribution in [0.15, 0.2) is 35.1 Å². The van der Waals surface area contributed by atoms with E-state index in [1.165, 1.54) is 6.07 Å². The molecule has 0 aliphatic rings. The van der Waals surface area contributed by atoms with E-state index in [2.05, 4.69) is 25.9 Å². The first-order chi connectivity index (χ1) is 16.5. The molecule has 0 radical (unpaired) electrons. The molecule has 7 nitrogen and oxygen atoms in total. The van der Waals surface area contributed by atoms with E-state index in [4.69, 9.17) is 17.3 Å². The summed E-state index contributed by atoms with van der Waals surface area (Å²) < 4.78 is 14.6. The molecule has 0 aliphatic heterocycles. The van der Waals surface area contributed by atoms with E-state index >= 15 is 0 Å². The number of halogens is 2. The number of unbranched alkanes of at least 4 members (excludes halogenated alkanes) is 1. The molecule has 9 heteroatoms. The first-order valence-electron chi connectivity index (χ1n) is 11.9. The van der Waals surface area contributed by atoms with E-state index < -0.39 is 11.4 Å². The predicted molar refractivity (Wildman–Crippen MR) is 139 cm³/mol. The van der Waals surface area contributed by atoms with Crippen molar-refractivity contribution in [2.75, 3.05) is 44.6 Å². The fraction of sp³-hybridized carbons (Fsp3) is 0.440. The van der Waals surface area contributed by atoms with Gasteiger partial charge in [-0.15, -0.1) is 0 Å². The van der Waals surface area contributed by atoms with Gasteiger partial charge < -0.3 is 26.7 Å². The summed E-state index contributed by atoms with van der Waals surface area (Å²) in [7, 11) is 0. The Morgan fingerprint density at radius 1 is 1.03 bits per heavy atom. The van der Waals surface area contributed by atoms with Crippen molar-refractivity contribution in [1.82, 2.24) is 20.6 Å². The van der Waals surface area contributed by atoms with Gasteiger partial charge in [0.05, 0.1) is 21.6 Å². The number of hydrogen-bond donors (Lipinski definition) is 5. The predicted octanol–water partition coefficient (Wildman–Crippen LogP) is 3.80. The van der Waals surface area contributed by atoms with Crippen LogP contribution in [0, 0.1) is 12.7 Å². The molecular formula is C25H34ClFN6O. The lowest BCUT2D eigenvalue weighted by atomic mass is 10.1. The summed E-state index contributed by atoms with van der Waals surface area (Å²) in [6.45, 7) is 7.03. The standard InChI is InChI=1S/C25H34ClFN6O/c1-17-7-4-8-19(26)23(17)24-32-21-16-22(20(27)15-18(21)25(34)33-24)31-14-6-13-30-11-3-2-10-29-12-5-9-28/h4,7-8,15-16,29-31H,2-3,5-6,9-14,28H2,1H3,(H,32,33,34). The second-order valence-electron chi connectivity index (χ2n) is 8.33. The molecule has 0 saturated carbocycles. The lowest BCUT2D eigenvalue weighted by Crippen LogP contribution is -2.22. The van der Waals surface area contributed by atoms with E-state index in [0.717, 1.165) is 64.0 Å². The number of fused-ring (bicyclic) bond motifs is 1. The molecule has 3 aromatic rings. The Morgan fingerprint density at radius 2 is 1.74 bits per heavy atom. The highest BCUT2D eigenvalue weighted by molar-refractivity contribution is 6.33. The summed E-state index contributed by atoms with van der Waals surface area (Å²) in [6.07, 6.45) is 4.09. The summed E-state index contributed by atoms with van der Waals surface area (Å²) in [6, 6.07) is 8.30. The van der Waals surface area contributed by atoms with Gasteiger partial charge in [0, 0.05) is 12.1 Å². The van der Waals surface area contributed by atoms with Crippen LogP contribution in [0.2, 0.25) is 5.02 Å². The minimum Gasteiger partial charge on any atom is -0.383 e. The molecule has 0 unspecified atom stereocenters. The minimum absolute atomic E-state index is 0.204. The van der Waals surface area contributed by atoms with Gasteiger partial charge in [-0.25, -0.2) is 9.37 Å². The molecule has 0 aliphatic carbocycles. The second kappa shape index (κ2) is 13.4. The Hall–Kier alpha value is -2.52. The van der Waals surface area contributed by atoms with Crippen molar-refractivity contribution in [2.24, 2.45) is 5.73 Å². The Balaban J connectivity index is 1.53. The lowest BCUT2D eigenvalue weighted by Gasteiger charge is -2.11. The number of H-pyrrole nitrogens is 1. The summed E-state index contributed by atoms with van der Waals surface area (Å²) in [5.41, 5.74) is 7.37. The maximum Gasteiger partial charge on any atom is 0.259 e. The molecule has 0 amide bonds. The maximum atomic E-state index is 14.6. The van der Waals surface area contributed by atoms with Gasteiger partial charge >= 0.3 is 0 Å². The molecule has 0 atom stereocenters. The fourth-order valence-electron chi connectivity index (χ4n) is 3.76. The average molecular weight is 489 g/mol. The zero-order chi connectivity index (χ0) is 24.3. The van der Waals surface area contributed by atoms with Crippen molar-refractivity contribution < 1.29 is 4.39 Å². The number of aromatic amines is 1. The topological polar surface area (TPSA) is 108 Å². The van der Waals surface area contributed by atoms with Gasteiger partial charge in [-0.1, -0.05) is 23.7 Å². The number of nitrogens with zero attached hydrogens (tertiary/aromatic N) is 1. The number of aryl methyl sites for hydroxylation is 1. The molecule has 1 aromatic heterocycles. The summed E-state index contributed by atoms with van der Waals surface area (Å²) >= 11 is 6.34. The molecule has 6 N–H and O–H groups in total. The van der Waals surface area contributed by atoms with Crippen LogP contribution in [0.3, 0.4) is 0 Å². The highest BCUT2D eigenvalue weighted by Crippen LogP contribution is 2.29. The lowest BCUT2D eigenvalue weighted by molar-refractivity contribution is 0.571. The molecule has 0 bridgehead atoms. The summed E-state index contributed by atoms with van der Waals surface area (Å²) in [5, 5.41) is 10.6. The van der Waals surface area contributed by atoms with Crippen molar-refractivity contribution in [2.45, 2.75) is 32.6 Å². The molecular weight excluding hydrogens is 455 g/mol. The van der Waals surface area contributed by atoms with Crippen LogP contribution in [0.25, 0.3) is 22.3 Å². The molecule has 184 valence electrons. The monoisotopic (exact) mass is 488 g/mol. The van der Waals surface area contributed by atoms with Gasteiger partial charge in [0.25, 0.3) is 5.56 Å². The number of benzene rings is 2. The normalized spacial score (nSPS) is 11.3. The summed E-state index contributed by atoms with van der Waals surface area (Å²) in [4.78, 5) is 19.9. The molecule has 3 rings (SSSR count). The SMILES string of the molecule is Cc1cccc(Cl)c1-c1nc2cc(NCCCNCCCCNCCCN)c(F)cc2c(=O)[nH]1. The Bertz CT molecular complexity index is 1120. The average Bonchev–Trinajstić information content (AvgIpc) is 2.80. The van der Waals surface area contributed by atoms with Crippen LogP contribution in [0.4, 0.5) is 10.1 Å². The van der Waals surface area contributed by atoms with Gasteiger partial charge in [-0.3, -0.25) is 4.79 Å². The summed E-state index contributed by atoms with van der Waals surface area (Å²) in [5.74, 6) is -0.103. The molecule has 0 saturated heterocycles. The van der Waals surface area contributed by atoms with Crippen molar-refractivity contribution in [3.8, 4) is 11.4 Å². The van der Waals surface area contributed by atoms with Gasteiger partial charge in [-0.2, -0.15) is 0 Å². The zero-order valence-corrected chi connectivity index (χ0v) is 20.4. The molecule has 34 heavy (non-hydrogen) atoms. The van der Waals surface area contributed by atoms with Crippen LogP contribution in [0.1, 0.15) is 31.2 Å². The number of nitrogens with one attached hydrogen (secondary N) is 4. The van der Waals surface area contributed by atoms with Crippen molar-refractivity contribution in [3.63, 3.8) is 0 Å². The quantitative estimate of drug-likeness (QED) is 0.221. The highest BCUT2D eigenvalue weighted by atomic mass is 35.5. The third-order valence-electron chi connectivity index (χ3n) is 5.61. The molecule has 2 aromatic carbocycles. The number of hydrogen-bond acceptors (Lipinski definition) is 6. The minimum atomic E-state index is -0.475. The largest absolute Gasteiger partial charge is 0.383 e. The second-order valence-corrected chi connectivity index (χ2v) is 8.73. The van der Waals surface area contributed by atoms with Crippen molar-refractivity contribution in [3.05, 3.63) is 57.1 Å². The van der Waals surface area contributed by atoms with Crippen molar-refractivity contribution in [1.29, 1.82) is 0 Å². The fourth-order valence-corrected chi connectivity index (χ4v) is 4.07. The van der Waals surface area contributed by atoms with E-state index in [-0.39, 0.29) is 5.39 Å². The maximum absolute atomic E-state index is 14.6. The van der Waals surface area contributed by atoms with Gasteiger partial charge in [0.2, 0.25) is 0 Å². The Morgan fingerprint density at radius 3 is 2.44 bits per heavy atom. The van der Waals surface area contributed by atoms with E-state index in [0.29, 0.717) is 34.2 Å². The van der Waals surface area contributed by atoms with Crippen LogP contribution in [-0.2, 0) is 0 Å². The first kappa shape index (κ1) is 26.1. The van der Waals surface area contributed by atoms with E-state index in [1.54, 1.807) is 12.1 Å². The zero-order valence-electron chi connectivity index (χ0n) is 19.6. The van der Waals surface area contributed by atoms with Crippen LogP contribution >= 0.6 is 11.6 Å². The highest BCUT2D eigenvalue weighted by Gasteiger charge is 2.14. The number of nitrogens with two attached hydrogens (primary N) is 1. The number of rotatable bonds is 14. The number of anilines is 1. The van der Waals surface area contributed by atoms with Crippen LogP contribution < -0.4 is 27.2 Å². The Labute approximate surface area is 204 Å². The third-order valence-corrected chi connectivity index (χ3v) is 5.93. The number of aromatic nitrogens is 2. The smallest absolute Gasteiger partial charge is 0.259 e. The van der Waals surface area contributed by atoms with E-state index in [1.807, 2.05) is 19.1 Å². The third kappa shape index (κ3) is 7.24. The van der Waals surface area contributed by atoms with Crippen LogP contribution in [0.5, 0.6) is 0 Å². The Kier molecular flexibility index (Phi) is 10.3. The van der Waals surface area contributed by atoms with Gasteiger partial charge in [0.1, 0.15) is 11.6 Å². The van der Waals surface area contributed by atoms with Gasteiger partial charge in [0.15, 0.2) is 0 Å². The van der Waals surface area contributed by atoms with Gasteiger partial charge in [-0.05, 0) is 89.1 Å². The van der Waals surface area contributed by atoms with Crippen molar-refractivity contribution >= 4 is 28.2 Å². The molecule has 0 spiro atoms. The first-order valence-corrected chi connectivity index (χ1v) is 12.2.